The van der Waals surface area contributed by atoms with Crippen LogP contribution in [0.1, 0.15) is 43.9 Å². The predicted octanol–water partition coefficient (Wildman–Crippen LogP) is 2.50. The Morgan fingerprint density at radius 3 is 2.24 bits per heavy atom. The van der Waals surface area contributed by atoms with E-state index >= 15 is 0 Å². The lowest BCUT2D eigenvalue weighted by atomic mass is 10.0. The molecule has 4 N–H and O–H groups in total. The summed E-state index contributed by atoms with van der Waals surface area (Å²) in [6, 6.07) is 17.5. The van der Waals surface area contributed by atoms with E-state index in [-0.39, 0.29) is 12.3 Å². The lowest BCUT2D eigenvalue weighted by molar-refractivity contribution is -0.132. The van der Waals surface area contributed by atoms with Crippen LogP contribution in [0.25, 0.3) is 0 Å². The van der Waals surface area contributed by atoms with Crippen molar-refractivity contribution in [3.8, 4) is 0 Å². The smallest absolute Gasteiger partial charge is 0.250 e. The fourth-order valence-corrected chi connectivity index (χ4v) is 4.35. The molecule has 2 atom stereocenters. The fourth-order valence-electron chi connectivity index (χ4n) is 4.35. The Labute approximate surface area is 217 Å². The molecule has 2 heterocycles. The number of benzene rings is 2. The first-order valence-corrected chi connectivity index (χ1v) is 12.5. The van der Waals surface area contributed by atoms with Crippen LogP contribution in [0.4, 0.5) is 5.82 Å². The van der Waals surface area contributed by atoms with Crippen molar-refractivity contribution in [1.29, 1.82) is 0 Å². The highest BCUT2D eigenvalue weighted by molar-refractivity contribution is 5.98. The molecular weight excluding hydrogens is 468 g/mol. The van der Waals surface area contributed by atoms with Crippen LogP contribution in [0.15, 0.2) is 73.2 Å². The molecule has 0 radical (unpaired) electrons. The number of nitrogens with zero attached hydrogens (tertiary/aromatic N) is 3. The van der Waals surface area contributed by atoms with Crippen LogP contribution in [0.5, 0.6) is 0 Å². The summed E-state index contributed by atoms with van der Waals surface area (Å²) in [4.78, 5) is 45.5. The number of aromatic nitrogens is 2. The van der Waals surface area contributed by atoms with Gasteiger partial charge < -0.3 is 25.8 Å². The highest BCUT2D eigenvalue weighted by Gasteiger charge is 2.31. The van der Waals surface area contributed by atoms with E-state index < -0.39 is 29.4 Å². The molecule has 0 aliphatic carbocycles. The van der Waals surface area contributed by atoms with Crippen LogP contribution < -0.4 is 16.4 Å². The van der Waals surface area contributed by atoms with Crippen LogP contribution in [0, 0.1) is 0 Å². The van der Waals surface area contributed by atoms with Crippen molar-refractivity contribution in [2.75, 3.05) is 18.4 Å². The Kier molecular flexibility index (Phi) is 8.03. The third-order valence-corrected chi connectivity index (χ3v) is 6.41. The zero-order valence-electron chi connectivity index (χ0n) is 21.3. The molecule has 2 aromatic carbocycles. The summed E-state index contributed by atoms with van der Waals surface area (Å²) >= 11 is 0. The van der Waals surface area contributed by atoms with Gasteiger partial charge >= 0.3 is 0 Å². The minimum atomic E-state index is -1.14. The van der Waals surface area contributed by atoms with Gasteiger partial charge in [-0.1, -0.05) is 60.7 Å². The third kappa shape index (κ3) is 6.62. The van der Waals surface area contributed by atoms with Gasteiger partial charge in [0.25, 0.3) is 0 Å². The van der Waals surface area contributed by atoms with Gasteiger partial charge in [0, 0.05) is 25.7 Å². The molecule has 9 heteroatoms. The average molecular weight is 503 g/mol. The van der Waals surface area contributed by atoms with E-state index in [9.17, 15) is 14.4 Å². The van der Waals surface area contributed by atoms with E-state index in [1.807, 2.05) is 65.6 Å². The first-order valence-electron chi connectivity index (χ1n) is 12.5. The standard InChI is InChI=1S/C28H34N6O3/c1-28(2,29)27(37)31-22(17-20-11-5-3-6-12-20)25(35)32-23-18-34(19-30-23)24(21-13-7-4-8-14-21)26(36)33-15-9-10-16-33/h3-8,11-14,18-19,22,24H,9-10,15-17,29H2,1-2H3,(H,31,37)(H,32,35). The lowest BCUT2D eigenvalue weighted by Gasteiger charge is -2.24. The van der Waals surface area contributed by atoms with Crippen molar-refractivity contribution in [3.63, 3.8) is 0 Å². The molecule has 1 saturated heterocycles. The minimum absolute atomic E-state index is 0.00151. The summed E-state index contributed by atoms with van der Waals surface area (Å²) in [5, 5.41) is 5.57. The van der Waals surface area contributed by atoms with Crippen LogP contribution >= 0.6 is 0 Å². The summed E-state index contributed by atoms with van der Waals surface area (Å²) in [5.74, 6) is -0.568. The zero-order valence-corrected chi connectivity index (χ0v) is 21.3. The van der Waals surface area contributed by atoms with Crippen molar-refractivity contribution in [2.45, 2.75) is 50.7 Å². The van der Waals surface area contributed by atoms with Crippen LogP contribution in [0.3, 0.4) is 0 Å². The van der Waals surface area contributed by atoms with E-state index in [2.05, 4.69) is 15.6 Å². The average Bonchev–Trinajstić information content (AvgIpc) is 3.57. The van der Waals surface area contributed by atoms with Crippen molar-refractivity contribution < 1.29 is 14.4 Å². The maximum atomic E-state index is 13.4. The molecule has 0 bridgehead atoms. The third-order valence-electron chi connectivity index (χ3n) is 6.41. The summed E-state index contributed by atoms with van der Waals surface area (Å²) in [7, 11) is 0. The second-order valence-corrected chi connectivity index (χ2v) is 9.98. The molecule has 3 aromatic rings. The fraction of sp³-hybridized carbons (Fsp3) is 0.357. The molecule has 0 spiro atoms. The van der Waals surface area contributed by atoms with Gasteiger partial charge in [-0.3, -0.25) is 14.4 Å². The number of nitrogens with two attached hydrogens (primary N) is 1. The number of likely N-dealkylation sites (tertiary alicyclic amines) is 1. The van der Waals surface area contributed by atoms with Gasteiger partial charge in [0.1, 0.15) is 12.1 Å². The molecule has 1 aromatic heterocycles. The van der Waals surface area contributed by atoms with Gasteiger partial charge in [-0.25, -0.2) is 4.98 Å². The van der Waals surface area contributed by atoms with Gasteiger partial charge in [-0.2, -0.15) is 0 Å². The van der Waals surface area contributed by atoms with E-state index in [0.29, 0.717) is 5.82 Å². The molecule has 37 heavy (non-hydrogen) atoms. The summed E-state index contributed by atoms with van der Waals surface area (Å²) in [6.45, 7) is 4.64. The first-order chi connectivity index (χ1) is 17.7. The molecule has 1 fully saturated rings. The highest BCUT2D eigenvalue weighted by Crippen LogP contribution is 2.24. The second-order valence-electron chi connectivity index (χ2n) is 9.98. The maximum Gasteiger partial charge on any atom is 0.250 e. The van der Waals surface area contributed by atoms with Gasteiger partial charge in [0.2, 0.25) is 17.7 Å². The number of amides is 3. The number of carbonyl (C=O) groups is 3. The number of nitrogens with one attached hydrogen (secondary N) is 2. The lowest BCUT2D eigenvalue weighted by Crippen LogP contribution is -2.55. The molecule has 0 saturated carbocycles. The van der Waals surface area contributed by atoms with Crippen molar-refractivity contribution in [3.05, 3.63) is 84.3 Å². The minimum Gasteiger partial charge on any atom is -0.342 e. The van der Waals surface area contributed by atoms with E-state index in [0.717, 1.165) is 37.1 Å². The first kappa shape index (κ1) is 26.1. The summed E-state index contributed by atoms with van der Waals surface area (Å²) < 4.78 is 1.72. The van der Waals surface area contributed by atoms with Gasteiger partial charge in [-0.05, 0) is 37.8 Å². The topological polar surface area (TPSA) is 122 Å². The van der Waals surface area contributed by atoms with Crippen LogP contribution in [0.2, 0.25) is 0 Å². The predicted molar refractivity (Wildman–Crippen MR) is 142 cm³/mol. The van der Waals surface area contributed by atoms with Gasteiger partial charge in [0.15, 0.2) is 5.82 Å². The Morgan fingerprint density at radius 1 is 1.00 bits per heavy atom. The number of anilines is 1. The maximum absolute atomic E-state index is 13.4. The van der Waals surface area contributed by atoms with Crippen molar-refractivity contribution in [1.82, 2.24) is 19.8 Å². The number of carbonyl (C=O) groups excluding carboxylic acids is 3. The Balaban J connectivity index is 1.55. The quantitative estimate of drug-likeness (QED) is 0.415. The molecule has 194 valence electrons. The zero-order chi connectivity index (χ0) is 26.4. The Morgan fingerprint density at radius 2 is 1.62 bits per heavy atom. The van der Waals surface area contributed by atoms with Crippen LogP contribution in [-0.2, 0) is 20.8 Å². The molecule has 9 nitrogen and oxygen atoms in total. The summed E-state index contributed by atoms with van der Waals surface area (Å²) in [5.41, 5.74) is 6.54. The monoisotopic (exact) mass is 502 g/mol. The molecule has 1 aliphatic rings. The molecule has 2 unspecified atom stereocenters. The Hall–Kier alpha value is -3.98. The van der Waals surface area contributed by atoms with E-state index in [1.165, 1.54) is 0 Å². The normalized spacial score (nSPS) is 15.2. The number of hydrogen-bond donors (Lipinski definition) is 3. The van der Waals surface area contributed by atoms with E-state index in [1.54, 1.807) is 30.9 Å². The Bertz CT molecular complexity index is 1210. The van der Waals surface area contributed by atoms with Gasteiger partial charge in [0.05, 0.1) is 11.9 Å². The molecular formula is C28H34N6O3. The van der Waals surface area contributed by atoms with Crippen molar-refractivity contribution >= 4 is 23.5 Å². The summed E-state index contributed by atoms with van der Waals surface area (Å²) in [6.07, 6.45) is 5.47. The highest BCUT2D eigenvalue weighted by atomic mass is 16.2. The molecule has 3 amide bonds. The van der Waals surface area contributed by atoms with E-state index in [4.69, 9.17) is 5.73 Å². The largest absolute Gasteiger partial charge is 0.342 e. The van der Waals surface area contributed by atoms with Gasteiger partial charge in [-0.15, -0.1) is 0 Å². The number of rotatable bonds is 9. The second kappa shape index (κ2) is 11.4. The number of hydrogen-bond acceptors (Lipinski definition) is 5. The number of imidazole rings is 1. The molecule has 1 aliphatic heterocycles. The molecule has 4 rings (SSSR count). The SMILES string of the molecule is CC(C)(N)C(=O)NC(Cc1ccccc1)C(=O)Nc1cn(C(C(=O)N2CCCC2)c2ccccc2)cn1. The van der Waals surface area contributed by atoms with Crippen LogP contribution in [-0.4, -0.2) is 56.8 Å². The van der Waals surface area contributed by atoms with Crippen molar-refractivity contribution in [2.24, 2.45) is 5.73 Å².